The molecule has 0 amide bonds. The molecule has 154 valence electrons. The molecule has 0 saturated carbocycles. The third-order valence-corrected chi connectivity index (χ3v) is 6.53. The summed E-state index contributed by atoms with van der Waals surface area (Å²) in [6, 6.07) is 8.14. The summed E-state index contributed by atoms with van der Waals surface area (Å²) in [7, 11) is -4.68. The fraction of sp³-hybridized carbons (Fsp3) is 0. The van der Waals surface area contributed by atoms with Crippen molar-refractivity contribution in [3.8, 4) is 11.1 Å². The fourth-order valence-corrected chi connectivity index (χ4v) is 4.66. The van der Waals surface area contributed by atoms with Gasteiger partial charge in [0, 0.05) is 5.39 Å². The standard InChI is InChI=1S/C19H10F4IN3O2S/c20-10-2-4-12(21)16(8-10)30(28,29)27-14-6-5-13(22)17(18(14)23)9-1-3-11-15(7-9)25-26-19(11)24/h1-8,27H,(H,25,26). The number of sulfonamides is 1. The van der Waals surface area contributed by atoms with Gasteiger partial charge in [0.2, 0.25) is 0 Å². The second-order valence-electron chi connectivity index (χ2n) is 6.24. The molecule has 0 bridgehead atoms. The molecule has 0 unspecified atom stereocenters. The second kappa shape index (κ2) is 7.54. The Morgan fingerprint density at radius 2 is 1.67 bits per heavy atom. The summed E-state index contributed by atoms with van der Waals surface area (Å²) < 4.78 is 84.2. The van der Waals surface area contributed by atoms with Crippen LogP contribution >= 0.6 is 22.6 Å². The van der Waals surface area contributed by atoms with Gasteiger partial charge in [0.25, 0.3) is 10.0 Å². The van der Waals surface area contributed by atoms with E-state index in [2.05, 4.69) is 10.2 Å². The van der Waals surface area contributed by atoms with Crippen molar-refractivity contribution < 1.29 is 26.0 Å². The first-order valence-corrected chi connectivity index (χ1v) is 10.8. The zero-order chi connectivity index (χ0) is 21.6. The summed E-state index contributed by atoms with van der Waals surface area (Å²) in [6.45, 7) is 0. The van der Waals surface area contributed by atoms with Crippen LogP contribution < -0.4 is 4.72 Å². The van der Waals surface area contributed by atoms with Crippen LogP contribution in [0, 0.1) is 27.0 Å². The van der Waals surface area contributed by atoms with E-state index < -0.39 is 49.4 Å². The summed E-state index contributed by atoms with van der Waals surface area (Å²) in [5.41, 5.74) is -0.435. The maximum absolute atomic E-state index is 15.1. The van der Waals surface area contributed by atoms with Crippen molar-refractivity contribution in [2.24, 2.45) is 0 Å². The first kappa shape index (κ1) is 20.6. The Balaban J connectivity index is 1.80. The molecular weight excluding hydrogens is 537 g/mol. The normalized spacial score (nSPS) is 11.8. The molecule has 4 aromatic rings. The summed E-state index contributed by atoms with van der Waals surface area (Å²) in [5.74, 6) is -4.34. The SMILES string of the molecule is O=S(=O)(Nc1ccc(F)c(-c2ccc3c(I)n[nH]c3c2)c1F)c1cc(F)ccc1F. The van der Waals surface area contributed by atoms with E-state index in [1.165, 1.54) is 12.1 Å². The third-order valence-electron chi connectivity index (χ3n) is 4.32. The van der Waals surface area contributed by atoms with Crippen molar-refractivity contribution in [2.75, 3.05) is 4.72 Å². The number of halogens is 5. The molecule has 0 aliphatic carbocycles. The van der Waals surface area contributed by atoms with Crippen LogP contribution in [-0.4, -0.2) is 18.6 Å². The van der Waals surface area contributed by atoms with Gasteiger partial charge in [0.05, 0.1) is 16.8 Å². The van der Waals surface area contributed by atoms with Crippen LogP contribution in [0.3, 0.4) is 0 Å². The van der Waals surface area contributed by atoms with Gasteiger partial charge in [-0.25, -0.2) is 26.0 Å². The van der Waals surface area contributed by atoms with E-state index in [1.54, 1.807) is 6.07 Å². The quantitative estimate of drug-likeness (QED) is 0.273. The maximum Gasteiger partial charge on any atom is 0.265 e. The number of aromatic amines is 1. The summed E-state index contributed by atoms with van der Waals surface area (Å²) in [6.07, 6.45) is 0. The van der Waals surface area contributed by atoms with Crippen molar-refractivity contribution in [3.63, 3.8) is 0 Å². The second-order valence-corrected chi connectivity index (χ2v) is 8.91. The molecule has 30 heavy (non-hydrogen) atoms. The lowest BCUT2D eigenvalue weighted by atomic mass is 10.0. The largest absolute Gasteiger partial charge is 0.277 e. The topological polar surface area (TPSA) is 74.8 Å². The van der Waals surface area contributed by atoms with Crippen LogP contribution in [0.25, 0.3) is 22.0 Å². The average Bonchev–Trinajstić information content (AvgIpc) is 3.06. The van der Waals surface area contributed by atoms with Crippen LogP contribution in [0.1, 0.15) is 0 Å². The summed E-state index contributed by atoms with van der Waals surface area (Å²) in [4.78, 5) is -0.999. The molecule has 0 spiro atoms. The first-order valence-electron chi connectivity index (χ1n) is 8.27. The van der Waals surface area contributed by atoms with E-state index >= 15 is 4.39 Å². The molecule has 1 heterocycles. The number of aromatic nitrogens is 2. The van der Waals surface area contributed by atoms with Crippen molar-refractivity contribution in [3.05, 3.63) is 75.5 Å². The molecule has 0 radical (unpaired) electrons. The number of hydrogen-bond acceptors (Lipinski definition) is 3. The van der Waals surface area contributed by atoms with Crippen molar-refractivity contribution in [1.82, 2.24) is 10.2 Å². The highest BCUT2D eigenvalue weighted by Gasteiger charge is 2.24. The number of benzene rings is 3. The van der Waals surface area contributed by atoms with Gasteiger partial charge in [-0.15, -0.1) is 0 Å². The minimum absolute atomic E-state index is 0.135. The highest BCUT2D eigenvalue weighted by Crippen LogP contribution is 2.34. The predicted molar refractivity (Wildman–Crippen MR) is 111 cm³/mol. The zero-order valence-corrected chi connectivity index (χ0v) is 17.7. The van der Waals surface area contributed by atoms with E-state index in [-0.39, 0.29) is 5.56 Å². The highest BCUT2D eigenvalue weighted by atomic mass is 127. The molecule has 1 aromatic heterocycles. The smallest absolute Gasteiger partial charge is 0.265 e. The molecule has 4 rings (SSSR count). The number of rotatable bonds is 4. The van der Waals surface area contributed by atoms with Gasteiger partial charge in [0.1, 0.15) is 26.0 Å². The lowest BCUT2D eigenvalue weighted by Gasteiger charge is -2.13. The van der Waals surface area contributed by atoms with Crippen molar-refractivity contribution in [2.45, 2.75) is 4.90 Å². The van der Waals surface area contributed by atoms with E-state index in [4.69, 9.17) is 0 Å². The average molecular weight is 547 g/mol. The number of nitrogens with zero attached hydrogens (tertiary/aromatic N) is 1. The Kier molecular flexibility index (Phi) is 5.18. The third kappa shape index (κ3) is 3.62. The Hall–Kier alpha value is -2.67. The lowest BCUT2D eigenvalue weighted by molar-refractivity contribution is 0.554. The highest BCUT2D eigenvalue weighted by molar-refractivity contribution is 14.1. The minimum atomic E-state index is -4.68. The molecule has 0 atom stereocenters. The van der Waals surface area contributed by atoms with Gasteiger partial charge in [-0.1, -0.05) is 6.07 Å². The van der Waals surface area contributed by atoms with Gasteiger partial charge in [0.15, 0.2) is 5.82 Å². The minimum Gasteiger partial charge on any atom is -0.277 e. The van der Waals surface area contributed by atoms with Gasteiger partial charge < -0.3 is 0 Å². The zero-order valence-electron chi connectivity index (χ0n) is 14.7. The molecular formula is C19H10F4IN3O2S. The fourth-order valence-electron chi connectivity index (χ4n) is 2.92. The molecule has 0 fully saturated rings. The van der Waals surface area contributed by atoms with Crippen LogP contribution in [0.15, 0.2) is 53.4 Å². The summed E-state index contributed by atoms with van der Waals surface area (Å²) >= 11 is 2.00. The van der Waals surface area contributed by atoms with Crippen LogP contribution in [0.4, 0.5) is 23.2 Å². The Labute approximate surface area is 181 Å². The van der Waals surface area contributed by atoms with E-state index in [0.717, 1.165) is 23.6 Å². The van der Waals surface area contributed by atoms with Crippen molar-refractivity contribution in [1.29, 1.82) is 0 Å². The van der Waals surface area contributed by atoms with Crippen LogP contribution in [0.2, 0.25) is 0 Å². The van der Waals surface area contributed by atoms with Crippen LogP contribution in [-0.2, 0) is 10.0 Å². The first-order chi connectivity index (χ1) is 14.2. The molecule has 2 N–H and O–H groups in total. The number of anilines is 1. The maximum atomic E-state index is 15.1. The number of nitrogens with one attached hydrogen (secondary N) is 2. The van der Waals surface area contributed by atoms with Gasteiger partial charge in [-0.05, 0) is 70.6 Å². The van der Waals surface area contributed by atoms with E-state index in [0.29, 0.717) is 21.4 Å². The van der Waals surface area contributed by atoms with Crippen molar-refractivity contribution >= 4 is 49.2 Å². The molecule has 11 heteroatoms. The van der Waals surface area contributed by atoms with Gasteiger partial charge in [-0.3, -0.25) is 9.82 Å². The van der Waals surface area contributed by atoms with Crippen LogP contribution in [0.5, 0.6) is 0 Å². The molecule has 0 saturated heterocycles. The Morgan fingerprint density at radius 3 is 2.43 bits per heavy atom. The predicted octanol–water partition coefficient (Wildman–Crippen LogP) is 5.19. The number of hydrogen-bond donors (Lipinski definition) is 2. The van der Waals surface area contributed by atoms with Gasteiger partial charge in [-0.2, -0.15) is 5.10 Å². The van der Waals surface area contributed by atoms with E-state index in [9.17, 15) is 21.6 Å². The molecule has 3 aromatic carbocycles. The van der Waals surface area contributed by atoms with Gasteiger partial charge >= 0.3 is 0 Å². The number of H-pyrrole nitrogens is 1. The molecule has 0 aliphatic heterocycles. The number of fused-ring (bicyclic) bond motifs is 1. The molecule has 0 aliphatic rings. The monoisotopic (exact) mass is 547 g/mol. The Morgan fingerprint density at radius 1 is 0.933 bits per heavy atom. The lowest BCUT2D eigenvalue weighted by Crippen LogP contribution is -2.16. The van der Waals surface area contributed by atoms with E-state index in [1.807, 2.05) is 27.3 Å². The summed E-state index contributed by atoms with van der Waals surface area (Å²) in [5, 5.41) is 7.49. The Bertz CT molecular complexity index is 1410. The molecule has 5 nitrogen and oxygen atoms in total.